The third kappa shape index (κ3) is 6.46. The number of amides is 1. The van der Waals surface area contributed by atoms with Crippen LogP contribution in [0.3, 0.4) is 0 Å². The molecule has 0 aliphatic carbocycles. The molecule has 1 rings (SSSR count). The molecule has 6 nitrogen and oxygen atoms in total. The maximum Gasteiger partial charge on any atom is 0.223 e. The SMILES string of the molecule is CC(C)=CC[C@@]1(CO)CCCN(C(=O)CCNS(C)(=O)=O)C1. The zero-order valence-corrected chi connectivity index (χ0v) is 14.6. The number of piperidine rings is 1. The highest BCUT2D eigenvalue weighted by molar-refractivity contribution is 7.88. The Morgan fingerprint density at radius 2 is 2.09 bits per heavy atom. The van der Waals surface area contributed by atoms with E-state index in [-0.39, 0.29) is 30.9 Å². The van der Waals surface area contributed by atoms with Crippen molar-refractivity contribution in [2.24, 2.45) is 5.41 Å². The Kier molecular flexibility index (Phi) is 7.02. The highest BCUT2D eigenvalue weighted by atomic mass is 32.2. The molecule has 1 fully saturated rings. The zero-order valence-electron chi connectivity index (χ0n) is 13.8. The summed E-state index contributed by atoms with van der Waals surface area (Å²) in [5.74, 6) is -0.0640. The van der Waals surface area contributed by atoms with Crippen LogP contribution in [0.5, 0.6) is 0 Å². The smallest absolute Gasteiger partial charge is 0.223 e. The van der Waals surface area contributed by atoms with Crippen molar-refractivity contribution < 1.29 is 18.3 Å². The maximum atomic E-state index is 12.2. The van der Waals surface area contributed by atoms with E-state index in [1.165, 1.54) is 5.57 Å². The summed E-state index contributed by atoms with van der Waals surface area (Å²) in [6.45, 7) is 5.43. The molecule has 1 heterocycles. The largest absolute Gasteiger partial charge is 0.396 e. The average Bonchev–Trinajstić information content (AvgIpc) is 2.44. The number of hydrogen-bond acceptors (Lipinski definition) is 4. The van der Waals surface area contributed by atoms with Gasteiger partial charge < -0.3 is 10.0 Å². The van der Waals surface area contributed by atoms with Crippen molar-refractivity contribution in [3.8, 4) is 0 Å². The first-order valence-corrected chi connectivity index (χ1v) is 9.53. The van der Waals surface area contributed by atoms with Gasteiger partial charge in [0.25, 0.3) is 0 Å². The van der Waals surface area contributed by atoms with Crippen LogP contribution in [0.1, 0.15) is 39.5 Å². The minimum absolute atomic E-state index is 0.0577. The van der Waals surface area contributed by atoms with Crippen LogP contribution in [-0.4, -0.2) is 56.8 Å². The number of carbonyl (C=O) groups is 1. The molecule has 0 aromatic carbocycles. The quantitative estimate of drug-likeness (QED) is 0.678. The molecule has 1 atom stereocenters. The molecule has 0 spiro atoms. The molecule has 2 N–H and O–H groups in total. The van der Waals surface area contributed by atoms with Gasteiger partial charge in [-0.25, -0.2) is 13.1 Å². The van der Waals surface area contributed by atoms with Crippen LogP contribution in [0.15, 0.2) is 11.6 Å². The van der Waals surface area contributed by atoms with Crippen molar-refractivity contribution in [3.05, 3.63) is 11.6 Å². The Morgan fingerprint density at radius 3 is 2.64 bits per heavy atom. The van der Waals surface area contributed by atoms with E-state index < -0.39 is 10.0 Å². The summed E-state index contributed by atoms with van der Waals surface area (Å²) >= 11 is 0. The van der Waals surface area contributed by atoms with Gasteiger partial charge in [-0.15, -0.1) is 0 Å². The predicted octanol–water partition coefficient (Wildman–Crippen LogP) is 0.883. The Hall–Kier alpha value is -0.920. The number of aliphatic hydroxyl groups is 1. The van der Waals surface area contributed by atoms with Crippen LogP contribution in [-0.2, 0) is 14.8 Å². The van der Waals surface area contributed by atoms with Crippen molar-refractivity contribution in [2.45, 2.75) is 39.5 Å². The van der Waals surface area contributed by atoms with Gasteiger partial charge >= 0.3 is 0 Å². The molecule has 0 aromatic rings. The first-order chi connectivity index (χ1) is 10.2. The molecule has 0 saturated carbocycles. The van der Waals surface area contributed by atoms with Gasteiger partial charge in [0.2, 0.25) is 15.9 Å². The van der Waals surface area contributed by atoms with Crippen molar-refractivity contribution in [1.29, 1.82) is 0 Å². The lowest BCUT2D eigenvalue weighted by Crippen LogP contribution is -2.48. The summed E-state index contributed by atoms with van der Waals surface area (Å²) in [5.41, 5.74) is 0.934. The molecule has 128 valence electrons. The fourth-order valence-corrected chi connectivity index (χ4v) is 3.18. The van der Waals surface area contributed by atoms with E-state index in [0.29, 0.717) is 13.1 Å². The molecule has 1 saturated heterocycles. The van der Waals surface area contributed by atoms with Crippen LogP contribution in [0.2, 0.25) is 0 Å². The van der Waals surface area contributed by atoms with Gasteiger partial charge in [-0.1, -0.05) is 11.6 Å². The molecule has 0 aromatic heterocycles. The van der Waals surface area contributed by atoms with E-state index in [2.05, 4.69) is 10.8 Å². The van der Waals surface area contributed by atoms with Crippen LogP contribution in [0.4, 0.5) is 0 Å². The monoisotopic (exact) mass is 332 g/mol. The highest BCUT2D eigenvalue weighted by Crippen LogP contribution is 2.34. The number of carbonyl (C=O) groups excluding carboxylic acids is 1. The van der Waals surface area contributed by atoms with Gasteiger partial charge in [0.1, 0.15) is 0 Å². The molecule has 1 amide bonds. The van der Waals surface area contributed by atoms with Crippen molar-refractivity contribution in [3.63, 3.8) is 0 Å². The van der Waals surface area contributed by atoms with E-state index in [9.17, 15) is 18.3 Å². The van der Waals surface area contributed by atoms with Gasteiger partial charge in [0.05, 0.1) is 12.9 Å². The molecule has 0 unspecified atom stereocenters. The van der Waals surface area contributed by atoms with Gasteiger partial charge in [-0.3, -0.25) is 4.79 Å². The molecule has 1 aliphatic rings. The fraction of sp³-hybridized carbons (Fsp3) is 0.800. The standard InChI is InChI=1S/C15H28N2O4S/c1-13(2)5-8-15(12-18)7-4-10-17(11-15)14(19)6-9-16-22(3,20)21/h5,16,18H,4,6-12H2,1-3H3/t15-/m0/s1. The molecular formula is C15H28N2O4S. The Bertz CT molecular complexity index is 512. The van der Waals surface area contributed by atoms with Crippen molar-refractivity contribution >= 4 is 15.9 Å². The number of allylic oxidation sites excluding steroid dienone is 2. The number of aliphatic hydroxyl groups excluding tert-OH is 1. The summed E-state index contributed by atoms with van der Waals surface area (Å²) in [6.07, 6.45) is 5.86. The number of hydrogen-bond donors (Lipinski definition) is 2. The molecule has 0 radical (unpaired) electrons. The van der Waals surface area contributed by atoms with E-state index >= 15 is 0 Å². The zero-order chi connectivity index (χ0) is 16.8. The fourth-order valence-electron chi connectivity index (χ4n) is 2.70. The number of sulfonamides is 1. The van der Waals surface area contributed by atoms with Gasteiger partial charge in [-0.05, 0) is 33.1 Å². The molecule has 7 heteroatoms. The van der Waals surface area contributed by atoms with Crippen molar-refractivity contribution in [2.75, 3.05) is 32.5 Å². The van der Waals surface area contributed by atoms with Crippen LogP contribution >= 0.6 is 0 Å². The number of likely N-dealkylation sites (tertiary alicyclic amines) is 1. The van der Waals surface area contributed by atoms with Crippen molar-refractivity contribution in [1.82, 2.24) is 9.62 Å². The Balaban J connectivity index is 2.60. The van der Waals surface area contributed by atoms with E-state index in [1.807, 2.05) is 13.8 Å². The van der Waals surface area contributed by atoms with Gasteiger partial charge in [0.15, 0.2) is 0 Å². The van der Waals surface area contributed by atoms with E-state index in [4.69, 9.17) is 0 Å². The second-order valence-electron chi connectivity index (χ2n) is 6.48. The maximum absolute atomic E-state index is 12.2. The predicted molar refractivity (Wildman–Crippen MR) is 86.8 cm³/mol. The molecular weight excluding hydrogens is 304 g/mol. The molecule has 1 aliphatic heterocycles. The number of rotatable bonds is 7. The summed E-state index contributed by atoms with van der Waals surface area (Å²) < 4.78 is 24.4. The molecule has 22 heavy (non-hydrogen) atoms. The Labute approximate surface area is 133 Å². The summed E-state index contributed by atoms with van der Waals surface area (Å²) in [5, 5.41) is 9.78. The van der Waals surface area contributed by atoms with Gasteiger partial charge in [0, 0.05) is 31.5 Å². The van der Waals surface area contributed by atoms with Crippen LogP contribution < -0.4 is 4.72 Å². The van der Waals surface area contributed by atoms with Crippen LogP contribution in [0.25, 0.3) is 0 Å². The molecule has 0 bridgehead atoms. The van der Waals surface area contributed by atoms with Gasteiger partial charge in [-0.2, -0.15) is 0 Å². The summed E-state index contributed by atoms with van der Waals surface area (Å²) in [6, 6.07) is 0. The second kappa shape index (κ2) is 8.08. The minimum Gasteiger partial charge on any atom is -0.396 e. The normalized spacial score (nSPS) is 22.5. The van der Waals surface area contributed by atoms with E-state index in [1.54, 1.807) is 4.90 Å². The average molecular weight is 332 g/mol. The lowest BCUT2D eigenvalue weighted by Gasteiger charge is -2.41. The third-order valence-electron chi connectivity index (χ3n) is 4.00. The first kappa shape index (κ1) is 19.1. The lowest BCUT2D eigenvalue weighted by atomic mass is 9.77. The van der Waals surface area contributed by atoms with E-state index in [0.717, 1.165) is 25.5 Å². The topological polar surface area (TPSA) is 86.7 Å². The minimum atomic E-state index is -3.26. The lowest BCUT2D eigenvalue weighted by molar-refractivity contribution is -0.135. The second-order valence-corrected chi connectivity index (χ2v) is 8.31. The van der Waals surface area contributed by atoms with Crippen LogP contribution in [0, 0.1) is 5.41 Å². The third-order valence-corrected chi connectivity index (χ3v) is 4.72. The summed E-state index contributed by atoms with van der Waals surface area (Å²) in [4.78, 5) is 14.0. The first-order valence-electron chi connectivity index (χ1n) is 7.64. The Morgan fingerprint density at radius 1 is 1.41 bits per heavy atom. The number of nitrogens with one attached hydrogen (secondary N) is 1. The number of nitrogens with zero attached hydrogens (tertiary/aromatic N) is 1. The highest BCUT2D eigenvalue weighted by Gasteiger charge is 2.35. The summed E-state index contributed by atoms with van der Waals surface area (Å²) in [7, 11) is -3.26.